The quantitative estimate of drug-likeness (QED) is 0.614. The molecule has 18 heavy (non-hydrogen) atoms. The molecule has 3 rings (SSSR count). The van der Waals surface area contributed by atoms with E-state index in [4.69, 9.17) is 9.15 Å². The molecule has 0 aliphatic heterocycles. The molecule has 3 aromatic rings. The van der Waals surface area contributed by atoms with Gasteiger partial charge in [-0.25, -0.2) is 9.78 Å². The Morgan fingerprint density at radius 1 is 1.22 bits per heavy atom. The van der Waals surface area contributed by atoms with Crippen LogP contribution in [0.15, 0.2) is 39.7 Å². The van der Waals surface area contributed by atoms with Crippen LogP contribution >= 0.6 is 0 Å². The van der Waals surface area contributed by atoms with Gasteiger partial charge >= 0.3 is 5.63 Å². The number of rotatable bonds is 1. The third-order valence-electron chi connectivity index (χ3n) is 2.92. The highest BCUT2D eigenvalue weighted by Gasteiger charge is 2.09. The summed E-state index contributed by atoms with van der Waals surface area (Å²) in [6.07, 6.45) is 1.61. The molecule has 0 amide bonds. The van der Waals surface area contributed by atoms with Crippen LogP contribution < -0.4 is 10.4 Å². The maximum absolute atomic E-state index is 11.9. The number of nitrogens with zero attached hydrogens (tertiary/aromatic N) is 1. The second kappa shape index (κ2) is 3.84. The summed E-state index contributed by atoms with van der Waals surface area (Å²) in [6.45, 7) is 1.94. The fourth-order valence-electron chi connectivity index (χ4n) is 2.01. The first kappa shape index (κ1) is 10.8. The van der Waals surface area contributed by atoms with E-state index in [0.29, 0.717) is 22.2 Å². The molecule has 2 aromatic heterocycles. The van der Waals surface area contributed by atoms with Crippen molar-refractivity contribution in [2.75, 3.05) is 7.11 Å². The summed E-state index contributed by atoms with van der Waals surface area (Å²) < 4.78 is 10.3. The van der Waals surface area contributed by atoms with E-state index < -0.39 is 0 Å². The number of aromatic nitrogens is 1. The van der Waals surface area contributed by atoms with Gasteiger partial charge in [-0.1, -0.05) is 17.7 Å². The Balaban J connectivity index is 2.50. The molecule has 0 aliphatic carbocycles. The van der Waals surface area contributed by atoms with Crippen molar-refractivity contribution in [3.8, 4) is 5.75 Å². The van der Waals surface area contributed by atoms with Crippen molar-refractivity contribution in [1.82, 2.24) is 4.98 Å². The van der Waals surface area contributed by atoms with Gasteiger partial charge in [0.05, 0.1) is 18.7 Å². The van der Waals surface area contributed by atoms with Crippen molar-refractivity contribution in [2.45, 2.75) is 6.92 Å². The predicted molar refractivity (Wildman–Crippen MR) is 69.1 cm³/mol. The van der Waals surface area contributed by atoms with Crippen LogP contribution in [0.4, 0.5) is 0 Å². The van der Waals surface area contributed by atoms with Gasteiger partial charge in [-0.2, -0.15) is 0 Å². The van der Waals surface area contributed by atoms with Crippen molar-refractivity contribution < 1.29 is 9.15 Å². The molecule has 0 fully saturated rings. The van der Waals surface area contributed by atoms with Crippen LogP contribution in [0.3, 0.4) is 0 Å². The van der Waals surface area contributed by atoms with Gasteiger partial charge in [0.2, 0.25) is 0 Å². The Kier molecular flexibility index (Phi) is 2.30. The molecule has 0 spiro atoms. The highest BCUT2D eigenvalue weighted by molar-refractivity contribution is 6.02. The van der Waals surface area contributed by atoms with E-state index in [2.05, 4.69) is 4.98 Å². The van der Waals surface area contributed by atoms with Crippen molar-refractivity contribution in [3.63, 3.8) is 0 Å². The summed E-state index contributed by atoms with van der Waals surface area (Å²) in [5.74, 6) is 0.567. The van der Waals surface area contributed by atoms with E-state index in [1.165, 1.54) is 0 Å². The van der Waals surface area contributed by atoms with Crippen LogP contribution in [0.5, 0.6) is 5.75 Å². The summed E-state index contributed by atoms with van der Waals surface area (Å²) in [5, 5.41) is 1.36. The lowest BCUT2D eigenvalue weighted by Gasteiger charge is -2.04. The first-order valence-electron chi connectivity index (χ1n) is 5.56. The summed E-state index contributed by atoms with van der Waals surface area (Å²) in [5.41, 5.74) is 1.78. The predicted octanol–water partition coefficient (Wildman–Crippen LogP) is 2.66. The Hall–Kier alpha value is -2.36. The fourth-order valence-corrected chi connectivity index (χ4v) is 2.01. The molecule has 0 aliphatic rings. The number of pyridine rings is 1. The number of benzene rings is 1. The van der Waals surface area contributed by atoms with Crippen LogP contribution in [0, 0.1) is 6.92 Å². The third kappa shape index (κ3) is 1.54. The second-order valence-corrected chi connectivity index (χ2v) is 4.16. The minimum Gasteiger partial charge on any atom is -0.495 e. The van der Waals surface area contributed by atoms with Crippen LogP contribution in [-0.4, -0.2) is 12.1 Å². The number of fused-ring (bicyclic) bond motifs is 3. The zero-order valence-electron chi connectivity index (χ0n) is 10.1. The number of ether oxygens (including phenoxy) is 1. The van der Waals surface area contributed by atoms with E-state index in [0.717, 1.165) is 10.9 Å². The lowest BCUT2D eigenvalue weighted by atomic mass is 10.1. The summed E-state index contributed by atoms with van der Waals surface area (Å²) in [6, 6.07) is 7.33. The highest BCUT2D eigenvalue weighted by atomic mass is 16.5. The van der Waals surface area contributed by atoms with Crippen molar-refractivity contribution in [3.05, 3.63) is 46.4 Å². The number of aryl methyl sites for hydroxylation is 1. The topological polar surface area (TPSA) is 52.3 Å². The van der Waals surface area contributed by atoms with Gasteiger partial charge in [0, 0.05) is 11.5 Å². The zero-order chi connectivity index (χ0) is 12.7. The van der Waals surface area contributed by atoms with E-state index in [-0.39, 0.29) is 5.63 Å². The third-order valence-corrected chi connectivity index (χ3v) is 2.92. The van der Waals surface area contributed by atoms with Crippen LogP contribution in [0.2, 0.25) is 0 Å². The molecule has 0 saturated heterocycles. The monoisotopic (exact) mass is 241 g/mol. The minimum absolute atomic E-state index is 0.351. The van der Waals surface area contributed by atoms with Crippen LogP contribution in [0.25, 0.3) is 21.9 Å². The SMILES string of the molecule is COc1cnc2c(c1)oc(=O)c1cc(C)ccc12. The minimum atomic E-state index is -0.351. The van der Waals surface area contributed by atoms with Gasteiger partial charge in [0.25, 0.3) is 0 Å². The normalized spacial score (nSPS) is 11.0. The Morgan fingerprint density at radius 2 is 2.06 bits per heavy atom. The van der Waals surface area contributed by atoms with Gasteiger partial charge in [-0.15, -0.1) is 0 Å². The molecule has 0 N–H and O–H groups in total. The molecule has 1 aromatic carbocycles. The van der Waals surface area contributed by atoms with Crippen molar-refractivity contribution in [2.24, 2.45) is 0 Å². The molecule has 4 heteroatoms. The summed E-state index contributed by atoms with van der Waals surface area (Å²) in [4.78, 5) is 16.2. The van der Waals surface area contributed by atoms with E-state index in [9.17, 15) is 4.79 Å². The Bertz CT molecular complexity index is 805. The fraction of sp³-hybridized carbons (Fsp3) is 0.143. The maximum atomic E-state index is 11.9. The first-order chi connectivity index (χ1) is 8.69. The molecule has 4 nitrogen and oxygen atoms in total. The van der Waals surface area contributed by atoms with Gasteiger partial charge in [-0.05, 0) is 13.0 Å². The molecule has 90 valence electrons. The number of hydrogen-bond donors (Lipinski definition) is 0. The molecular formula is C14H11NO3. The Morgan fingerprint density at radius 3 is 2.83 bits per heavy atom. The van der Waals surface area contributed by atoms with Crippen molar-refractivity contribution >= 4 is 21.9 Å². The second-order valence-electron chi connectivity index (χ2n) is 4.16. The molecule has 0 radical (unpaired) electrons. The largest absolute Gasteiger partial charge is 0.495 e. The lowest BCUT2D eigenvalue weighted by molar-refractivity contribution is 0.412. The summed E-state index contributed by atoms with van der Waals surface area (Å²) in [7, 11) is 1.55. The van der Waals surface area contributed by atoms with E-state index in [1.807, 2.05) is 25.1 Å². The average molecular weight is 241 g/mol. The van der Waals surface area contributed by atoms with Gasteiger partial charge < -0.3 is 9.15 Å². The molecule has 0 saturated carbocycles. The highest BCUT2D eigenvalue weighted by Crippen LogP contribution is 2.24. The van der Waals surface area contributed by atoms with Crippen molar-refractivity contribution in [1.29, 1.82) is 0 Å². The number of hydrogen-bond acceptors (Lipinski definition) is 4. The smallest absolute Gasteiger partial charge is 0.344 e. The Labute approximate surface area is 103 Å². The zero-order valence-corrected chi connectivity index (χ0v) is 10.1. The standard InChI is InChI=1S/C14H11NO3/c1-8-3-4-10-11(5-8)14(16)18-12-6-9(17-2)7-15-13(10)12/h3-7H,1-2H3. The van der Waals surface area contributed by atoms with Crippen LogP contribution in [-0.2, 0) is 0 Å². The average Bonchev–Trinajstić information content (AvgIpc) is 2.38. The van der Waals surface area contributed by atoms with Crippen LogP contribution in [0.1, 0.15) is 5.56 Å². The molecule has 0 bridgehead atoms. The molecule has 2 heterocycles. The first-order valence-corrected chi connectivity index (χ1v) is 5.56. The molecule has 0 unspecified atom stereocenters. The van der Waals surface area contributed by atoms with E-state index >= 15 is 0 Å². The van der Waals surface area contributed by atoms with Gasteiger partial charge in [0.1, 0.15) is 11.3 Å². The molecule has 0 atom stereocenters. The molecular weight excluding hydrogens is 230 g/mol. The maximum Gasteiger partial charge on any atom is 0.344 e. The van der Waals surface area contributed by atoms with Gasteiger partial charge in [-0.3, -0.25) is 0 Å². The van der Waals surface area contributed by atoms with Gasteiger partial charge in [0.15, 0.2) is 5.58 Å². The van der Waals surface area contributed by atoms with E-state index in [1.54, 1.807) is 19.4 Å². The summed E-state index contributed by atoms with van der Waals surface area (Å²) >= 11 is 0. The number of methoxy groups -OCH3 is 1. The lowest BCUT2D eigenvalue weighted by Crippen LogP contribution is -2.01.